The summed E-state index contributed by atoms with van der Waals surface area (Å²) in [5, 5.41) is 4.34. The molecule has 0 atom stereocenters. The molecule has 0 fully saturated rings. The number of aromatic nitrogens is 2. The van der Waals surface area contributed by atoms with Gasteiger partial charge in [-0.05, 0) is 52.1 Å². The molecule has 0 aliphatic rings. The zero-order valence-electron chi connectivity index (χ0n) is 13.4. The maximum absolute atomic E-state index is 4.61. The Labute approximate surface area is 141 Å². The van der Waals surface area contributed by atoms with Gasteiger partial charge in [-0.15, -0.1) is 0 Å². The van der Waals surface area contributed by atoms with Crippen LogP contribution in [0.1, 0.15) is 29.3 Å². The van der Waals surface area contributed by atoms with Gasteiger partial charge in [0.1, 0.15) is 0 Å². The van der Waals surface area contributed by atoms with Crippen LogP contribution in [0.2, 0.25) is 0 Å². The van der Waals surface area contributed by atoms with Crippen LogP contribution in [0.5, 0.6) is 0 Å². The normalized spacial score (nSPS) is 11.0. The average molecular weight is 323 g/mol. The minimum atomic E-state index is 0.842. The van der Waals surface area contributed by atoms with Crippen molar-refractivity contribution < 1.29 is 0 Å². The summed E-state index contributed by atoms with van der Waals surface area (Å²) < 4.78 is 0. The highest BCUT2D eigenvalue weighted by Gasteiger charge is 2.10. The minimum absolute atomic E-state index is 0.842. The van der Waals surface area contributed by atoms with Crippen LogP contribution in [0.15, 0.2) is 59.7 Å². The van der Waals surface area contributed by atoms with E-state index in [-0.39, 0.29) is 0 Å². The molecule has 4 heteroatoms. The molecular weight excluding hydrogens is 302 g/mol. The molecule has 0 bridgehead atoms. The molecule has 3 rings (SSSR count). The van der Waals surface area contributed by atoms with Crippen LogP contribution in [0.4, 0.5) is 0 Å². The first-order valence-corrected chi connectivity index (χ1v) is 8.84. The summed E-state index contributed by atoms with van der Waals surface area (Å²) in [6.45, 7) is 4.80. The molecule has 3 aromatic rings. The predicted octanol–water partition coefficient (Wildman–Crippen LogP) is 4.30. The lowest BCUT2D eigenvalue weighted by Crippen LogP contribution is -2.22. The summed E-state index contributed by atoms with van der Waals surface area (Å²) in [4.78, 5) is 11.2. The van der Waals surface area contributed by atoms with Crippen LogP contribution < -0.4 is 0 Å². The Morgan fingerprint density at radius 1 is 0.957 bits per heavy atom. The summed E-state index contributed by atoms with van der Waals surface area (Å²) in [5.74, 6) is 0. The van der Waals surface area contributed by atoms with Crippen molar-refractivity contribution in [3.05, 3.63) is 82.1 Å². The molecule has 3 heterocycles. The van der Waals surface area contributed by atoms with E-state index in [0.29, 0.717) is 0 Å². The first-order valence-electron chi connectivity index (χ1n) is 7.89. The van der Waals surface area contributed by atoms with E-state index in [9.17, 15) is 0 Å². The van der Waals surface area contributed by atoms with E-state index in [1.54, 1.807) is 11.3 Å². The van der Waals surface area contributed by atoms with Crippen LogP contribution in [0.3, 0.4) is 0 Å². The molecule has 0 aromatic carbocycles. The third kappa shape index (κ3) is 4.71. The fourth-order valence-electron chi connectivity index (χ4n) is 2.55. The molecule has 3 nitrogen and oxygen atoms in total. The Kier molecular flexibility index (Phi) is 5.51. The van der Waals surface area contributed by atoms with E-state index in [1.807, 2.05) is 24.7 Å². The second-order valence-corrected chi connectivity index (χ2v) is 6.43. The Balaban J connectivity index is 1.73. The summed E-state index contributed by atoms with van der Waals surface area (Å²) >= 11 is 1.74. The lowest BCUT2D eigenvalue weighted by Gasteiger charge is -2.21. The SMILES string of the molecule is CCc1ccc(CN(Cc2cccnc2)Cc2ccsc2)nc1. The van der Waals surface area contributed by atoms with Crippen molar-refractivity contribution in [3.8, 4) is 0 Å². The van der Waals surface area contributed by atoms with E-state index >= 15 is 0 Å². The van der Waals surface area contributed by atoms with Gasteiger partial charge in [-0.3, -0.25) is 14.9 Å². The fraction of sp³-hybridized carbons (Fsp3) is 0.263. The van der Waals surface area contributed by atoms with E-state index in [1.165, 1.54) is 16.7 Å². The molecule has 0 aliphatic heterocycles. The smallest absolute Gasteiger partial charge is 0.0544 e. The molecule has 0 N–H and O–H groups in total. The largest absolute Gasteiger partial charge is 0.289 e. The number of nitrogens with zero attached hydrogens (tertiary/aromatic N) is 3. The molecule has 0 saturated carbocycles. The van der Waals surface area contributed by atoms with Gasteiger partial charge in [-0.1, -0.05) is 19.1 Å². The van der Waals surface area contributed by atoms with Crippen molar-refractivity contribution in [2.24, 2.45) is 0 Å². The van der Waals surface area contributed by atoms with Crippen molar-refractivity contribution in [2.75, 3.05) is 0 Å². The summed E-state index contributed by atoms with van der Waals surface area (Å²) in [6.07, 6.45) is 6.77. The summed E-state index contributed by atoms with van der Waals surface area (Å²) in [5.41, 5.74) is 4.98. The molecule has 118 valence electrons. The van der Waals surface area contributed by atoms with E-state index < -0.39 is 0 Å². The summed E-state index contributed by atoms with van der Waals surface area (Å²) in [7, 11) is 0. The molecule has 23 heavy (non-hydrogen) atoms. The zero-order valence-corrected chi connectivity index (χ0v) is 14.2. The van der Waals surface area contributed by atoms with Crippen LogP contribution in [-0.2, 0) is 26.1 Å². The number of aryl methyl sites for hydroxylation is 1. The lowest BCUT2D eigenvalue weighted by molar-refractivity contribution is 0.244. The quantitative estimate of drug-likeness (QED) is 0.649. The number of hydrogen-bond acceptors (Lipinski definition) is 4. The van der Waals surface area contributed by atoms with Crippen LogP contribution in [0.25, 0.3) is 0 Å². The third-order valence-corrected chi connectivity index (χ3v) is 4.53. The van der Waals surface area contributed by atoms with Crippen molar-refractivity contribution >= 4 is 11.3 Å². The van der Waals surface area contributed by atoms with Gasteiger partial charge >= 0.3 is 0 Å². The summed E-state index contributed by atoms with van der Waals surface area (Å²) in [6, 6.07) is 10.6. The standard InChI is InChI=1S/C19H21N3S/c1-2-16-5-6-19(21-11-16)14-22(13-18-7-9-23-15-18)12-17-4-3-8-20-10-17/h3-11,15H,2,12-14H2,1H3. The van der Waals surface area contributed by atoms with Gasteiger partial charge in [0.2, 0.25) is 0 Å². The van der Waals surface area contributed by atoms with Crippen LogP contribution in [0, 0.1) is 0 Å². The predicted molar refractivity (Wildman–Crippen MR) is 95.1 cm³/mol. The average Bonchev–Trinajstić information content (AvgIpc) is 3.09. The van der Waals surface area contributed by atoms with Gasteiger partial charge in [-0.2, -0.15) is 11.3 Å². The molecular formula is C19H21N3S. The minimum Gasteiger partial charge on any atom is -0.289 e. The molecule has 0 amide bonds. The number of thiophene rings is 1. The topological polar surface area (TPSA) is 29.0 Å². The van der Waals surface area contributed by atoms with Gasteiger partial charge in [0.15, 0.2) is 0 Å². The van der Waals surface area contributed by atoms with Gasteiger partial charge in [0, 0.05) is 38.2 Å². The maximum Gasteiger partial charge on any atom is 0.0544 e. The molecule has 0 unspecified atom stereocenters. The van der Waals surface area contributed by atoms with Gasteiger partial charge < -0.3 is 0 Å². The zero-order chi connectivity index (χ0) is 15.9. The second kappa shape index (κ2) is 7.99. The van der Waals surface area contributed by atoms with Crippen LogP contribution in [-0.4, -0.2) is 14.9 Å². The Morgan fingerprint density at radius 2 is 1.87 bits per heavy atom. The highest BCUT2D eigenvalue weighted by atomic mass is 32.1. The lowest BCUT2D eigenvalue weighted by atomic mass is 10.2. The molecule has 0 radical (unpaired) electrons. The van der Waals surface area contributed by atoms with E-state index in [2.05, 4.69) is 56.8 Å². The first-order chi connectivity index (χ1) is 11.3. The first kappa shape index (κ1) is 15.8. The number of rotatable bonds is 7. The van der Waals surface area contributed by atoms with E-state index in [4.69, 9.17) is 0 Å². The Hall–Kier alpha value is -2.04. The maximum atomic E-state index is 4.61. The molecule has 0 spiro atoms. The molecule has 3 aromatic heterocycles. The van der Waals surface area contributed by atoms with Crippen molar-refractivity contribution in [2.45, 2.75) is 33.0 Å². The molecule has 0 saturated heterocycles. The van der Waals surface area contributed by atoms with Crippen molar-refractivity contribution in [3.63, 3.8) is 0 Å². The number of hydrogen-bond donors (Lipinski definition) is 0. The van der Waals surface area contributed by atoms with Gasteiger partial charge in [0.25, 0.3) is 0 Å². The van der Waals surface area contributed by atoms with Crippen molar-refractivity contribution in [1.82, 2.24) is 14.9 Å². The van der Waals surface area contributed by atoms with Crippen molar-refractivity contribution in [1.29, 1.82) is 0 Å². The second-order valence-electron chi connectivity index (χ2n) is 5.65. The Bertz CT molecular complexity index is 693. The van der Waals surface area contributed by atoms with E-state index in [0.717, 1.165) is 31.7 Å². The third-order valence-electron chi connectivity index (χ3n) is 3.80. The Morgan fingerprint density at radius 3 is 2.52 bits per heavy atom. The highest BCUT2D eigenvalue weighted by molar-refractivity contribution is 7.07. The number of pyridine rings is 2. The monoisotopic (exact) mass is 323 g/mol. The molecule has 0 aliphatic carbocycles. The fourth-order valence-corrected chi connectivity index (χ4v) is 3.21. The highest BCUT2D eigenvalue weighted by Crippen LogP contribution is 2.15. The van der Waals surface area contributed by atoms with Gasteiger partial charge in [0.05, 0.1) is 5.69 Å². The van der Waals surface area contributed by atoms with Gasteiger partial charge in [-0.25, -0.2) is 0 Å². The van der Waals surface area contributed by atoms with Crippen LogP contribution >= 0.6 is 11.3 Å².